The fraction of sp³-hybridized carbons (Fsp3) is 0.481. The van der Waals surface area contributed by atoms with Crippen molar-refractivity contribution in [3.8, 4) is 11.8 Å². The highest BCUT2D eigenvalue weighted by molar-refractivity contribution is 5.75. The van der Waals surface area contributed by atoms with Crippen LogP contribution in [-0.4, -0.2) is 54.6 Å². The average molecular weight is 551 g/mol. The van der Waals surface area contributed by atoms with E-state index in [9.17, 15) is 14.4 Å². The van der Waals surface area contributed by atoms with Gasteiger partial charge in [-0.15, -0.1) is 5.92 Å². The highest BCUT2D eigenvalue weighted by Crippen LogP contribution is 2.24. The topological polar surface area (TPSA) is 128 Å². The Kier molecular flexibility index (Phi) is 7.20. The van der Waals surface area contributed by atoms with E-state index in [0.717, 1.165) is 24.1 Å². The number of hydrogen-bond donors (Lipinski definition) is 2. The van der Waals surface area contributed by atoms with Crippen molar-refractivity contribution in [3.05, 3.63) is 56.7 Å². The van der Waals surface area contributed by atoms with Crippen molar-refractivity contribution in [1.29, 1.82) is 0 Å². The summed E-state index contributed by atoms with van der Waals surface area (Å²) < 4.78 is 9.81. The molecule has 0 aromatic carbocycles. The lowest BCUT2D eigenvalue weighted by Gasteiger charge is -2.34. The van der Waals surface area contributed by atoms with Crippen molar-refractivity contribution in [3.63, 3.8) is 0 Å². The van der Waals surface area contributed by atoms with Crippen LogP contribution in [0.4, 0.5) is 10.7 Å². The molecule has 2 aromatic heterocycles. The molecule has 0 bridgehead atoms. The molecule has 0 spiro atoms. The van der Waals surface area contributed by atoms with Crippen LogP contribution in [0.1, 0.15) is 40.5 Å². The van der Waals surface area contributed by atoms with Gasteiger partial charge in [0.2, 0.25) is 5.95 Å². The summed E-state index contributed by atoms with van der Waals surface area (Å²) in [4.78, 5) is 51.6. The van der Waals surface area contributed by atoms with Gasteiger partial charge >= 0.3 is 11.8 Å². The first-order valence-electron chi connectivity index (χ1n) is 13.2. The zero-order chi connectivity index (χ0) is 28.6. The van der Waals surface area contributed by atoms with Gasteiger partial charge < -0.3 is 15.0 Å². The highest BCUT2D eigenvalue weighted by Gasteiger charge is 2.29. The first-order valence-corrected chi connectivity index (χ1v) is 13.2. The third-order valence-corrected chi connectivity index (χ3v) is 6.76. The molecule has 1 amide bonds. The number of imidazole rings is 1. The maximum atomic E-state index is 13.9. The summed E-state index contributed by atoms with van der Waals surface area (Å²) in [6, 6.07) is -0.164. The quantitative estimate of drug-likeness (QED) is 0.532. The van der Waals surface area contributed by atoms with Gasteiger partial charge in [0.25, 0.3) is 5.56 Å². The molecular weight excluding hydrogens is 516 g/mol. The molecule has 0 saturated carbocycles. The van der Waals surface area contributed by atoms with Crippen molar-refractivity contribution in [2.24, 2.45) is 7.05 Å². The summed E-state index contributed by atoms with van der Waals surface area (Å²) in [5.41, 5.74) is 3.26. The Bertz CT molecular complexity index is 1610. The van der Waals surface area contributed by atoms with Crippen molar-refractivity contribution >= 4 is 23.2 Å². The second-order valence-corrected chi connectivity index (χ2v) is 10.9. The van der Waals surface area contributed by atoms with Gasteiger partial charge in [-0.2, -0.15) is 9.92 Å². The molecule has 1 saturated heterocycles. The number of nitrogens with one attached hydrogen (secondary N) is 2. The van der Waals surface area contributed by atoms with E-state index in [1.165, 1.54) is 9.13 Å². The fourth-order valence-corrected chi connectivity index (χ4v) is 4.96. The van der Waals surface area contributed by atoms with E-state index in [1.807, 2.05) is 31.7 Å². The minimum Gasteiger partial charge on any atom is -0.444 e. The Morgan fingerprint density at radius 1 is 1.30 bits per heavy atom. The molecule has 212 valence electrons. The molecule has 13 heteroatoms. The fourth-order valence-electron chi connectivity index (χ4n) is 4.96. The highest BCUT2D eigenvalue weighted by atomic mass is 16.8. The molecule has 1 fully saturated rings. The number of hydroxylamine groups is 3. The van der Waals surface area contributed by atoms with E-state index >= 15 is 0 Å². The SMILES string of the molecule is CC#CCn1c(N2CCCC(NC(=O)OC(C)(C)C)C2)nc2c1c(=O)n(CC1=CC3=CNON3C=C1)c(=O)n2C. The van der Waals surface area contributed by atoms with Crippen molar-refractivity contribution < 1.29 is 14.5 Å². The largest absolute Gasteiger partial charge is 0.444 e. The molecule has 2 N–H and O–H groups in total. The lowest BCUT2D eigenvalue weighted by atomic mass is 10.1. The summed E-state index contributed by atoms with van der Waals surface area (Å²) in [6.45, 7) is 8.65. The standard InChI is InChI=1S/C27H34N8O5/c1-6-7-12-33-21-22(30-24(33)32-11-8-9-19(17-32)29-25(37)39-27(2,3)4)31(5)26(38)34(23(21)36)16-18-10-13-35-20(14-18)15-28-40-35/h10,13-15,19,28H,8-9,11-12,16-17H2,1-5H3,(H,29,37). The Hall–Kier alpha value is -4.44. The number of fused-ring (bicyclic) bond motifs is 2. The van der Waals surface area contributed by atoms with E-state index in [0.29, 0.717) is 24.6 Å². The van der Waals surface area contributed by atoms with E-state index in [2.05, 4.69) is 22.6 Å². The predicted molar refractivity (Wildman–Crippen MR) is 149 cm³/mol. The molecule has 5 heterocycles. The van der Waals surface area contributed by atoms with Crippen LogP contribution >= 0.6 is 0 Å². The van der Waals surface area contributed by atoms with Gasteiger partial charge in [-0.1, -0.05) is 5.92 Å². The summed E-state index contributed by atoms with van der Waals surface area (Å²) in [7, 11) is 1.61. The lowest BCUT2D eigenvalue weighted by Crippen LogP contribution is -2.49. The van der Waals surface area contributed by atoms with Crippen LogP contribution < -0.4 is 26.9 Å². The monoisotopic (exact) mass is 550 g/mol. The molecule has 3 aliphatic heterocycles. The number of carbonyl (C=O) groups is 1. The Morgan fingerprint density at radius 2 is 2.10 bits per heavy atom. The molecule has 1 unspecified atom stereocenters. The maximum Gasteiger partial charge on any atom is 0.407 e. The summed E-state index contributed by atoms with van der Waals surface area (Å²) in [6.07, 6.45) is 8.14. The number of allylic oxidation sites excluding steroid dienone is 3. The number of aromatic nitrogens is 4. The van der Waals surface area contributed by atoms with Crippen LogP contribution in [0.25, 0.3) is 11.2 Å². The molecule has 0 aliphatic carbocycles. The second kappa shape index (κ2) is 10.6. The van der Waals surface area contributed by atoms with Crippen LogP contribution in [0.15, 0.2) is 45.4 Å². The van der Waals surface area contributed by atoms with E-state index in [1.54, 1.807) is 42.1 Å². The van der Waals surface area contributed by atoms with E-state index < -0.39 is 22.9 Å². The number of hydrogen-bond acceptors (Lipinski definition) is 9. The van der Waals surface area contributed by atoms with Crippen molar-refractivity contribution in [2.45, 2.75) is 65.3 Å². The lowest BCUT2D eigenvalue weighted by molar-refractivity contribution is -0.112. The number of carbonyl (C=O) groups excluding carboxylic acids is 1. The third-order valence-electron chi connectivity index (χ3n) is 6.76. The molecule has 2 aromatic rings. The van der Waals surface area contributed by atoms with Gasteiger partial charge in [-0.3, -0.25) is 18.5 Å². The maximum absolute atomic E-state index is 13.9. The van der Waals surface area contributed by atoms with Gasteiger partial charge in [0, 0.05) is 32.4 Å². The average Bonchev–Trinajstić information content (AvgIpc) is 3.52. The molecule has 13 nitrogen and oxygen atoms in total. The van der Waals surface area contributed by atoms with Crippen molar-refractivity contribution in [1.82, 2.24) is 34.5 Å². The third kappa shape index (κ3) is 5.35. The van der Waals surface area contributed by atoms with Gasteiger partial charge in [0.15, 0.2) is 11.2 Å². The molecule has 40 heavy (non-hydrogen) atoms. The molecular formula is C27H34N8O5. The molecule has 1 atom stereocenters. The van der Waals surface area contributed by atoms with Crippen LogP contribution in [0, 0.1) is 11.8 Å². The number of aryl methyl sites for hydroxylation is 1. The van der Waals surface area contributed by atoms with Crippen LogP contribution in [0.2, 0.25) is 0 Å². The molecule has 5 rings (SSSR count). The minimum absolute atomic E-state index is 0.0781. The first-order chi connectivity index (χ1) is 19.1. The number of alkyl carbamates (subject to hydrolysis) is 1. The number of amides is 1. The Morgan fingerprint density at radius 3 is 2.85 bits per heavy atom. The zero-order valence-corrected chi connectivity index (χ0v) is 23.4. The summed E-state index contributed by atoms with van der Waals surface area (Å²) in [5, 5.41) is 4.49. The number of piperidine rings is 1. The smallest absolute Gasteiger partial charge is 0.407 e. The molecule has 3 aliphatic rings. The van der Waals surface area contributed by atoms with Gasteiger partial charge in [0.05, 0.1) is 25.0 Å². The van der Waals surface area contributed by atoms with Gasteiger partial charge in [-0.25, -0.2) is 20.1 Å². The Labute approximate surface area is 231 Å². The van der Waals surface area contributed by atoms with E-state index in [-0.39, 0.29) is 24.8 Å². The summed E-state index contributed by atoms with van der Waals surface area (Å²) in [5.74, 6) is 6.47. The van der Waals surface area contributed by atoms with Gasteiger partial charge in [0.1, 0.15) is 5.60 Å². The summed E-state index contributed by atoms with van der Waals surface area (Å²) >= 11 is 0. The van der Waals surface area contributed by atoms with E-state index in [4.69, 9.17) is 14.7 Å². The van der Waals surface area contributed by atoms with Crippen LogP contribution in [-0.2, 0) is 29.8 Å². The minimum atomic E-state index is -0.600. The zero-order valence-electron chi connectivity index (χ0n) is 23.4. The molecule has 0 radical (unpaired) electrons. The number of anilines is 1. The number of rotatable bonds is 5. The predicted octanol–water partition coefficient (Wildman–Crippen LogP) is 1.46. The first kappa shape index (κ1) is 27.1. The van der Waals surface area contributed by atoms with Crippen molar-refractivity contribution in [2.75, 3.05) is 18.0 Å². The number of nitrogens with zero attached hydrogens (tertiary/aromatic N) is 6. The Balaban J connectivity index is 1.51. The normalized spacial score (nSPS) is 18.5. The number of ether oxygens (including phenoxy) is 1. The second-order valence-electron chi connectivity index (χ2n) is 10.9. The van der Waals surface area contributed by atoms with Crippen LogP contribution in [0.5, 0.6) is 0 Å². The van der Waals surface area contributed by atoms with Crippen LogP contribution in [0.3, 0.4) is 0 Å². The van der Waals surface area contributed by atoms with Gasteiger partial charge in [-0.05, 0) is 58.3 Å².